The van der Waals surface area contributed by atoms with Crippen molar-refractivity contribution in [2.75, 3.05) is 20.1 Å². The Kier molecular flexibility index (Phi) is 6.83. The predicted molar refractivity (Wildman–Crippen MR) is 90.6 cm³/mol. The highest BCUT2D eigenvalue weighted by Crippen LogP contribution is 2.21. The zero-order valence-corrected chi connectivity index (χ0v) is 14.7. The van der Waals surface area contributed by atoms with E-state index in [0.717, 1.165) is 13.0 Å². The summed E-state index contributed by atoms with van der Waals surface area (Å²) in [6, 6.07) is 5.09. The van der Waals surface area contributed by atoms with Crippen molar-refractivity contribution in [1.82, 2.24) is 10.2 Å². The van der Waals surface area contributed by atoms with Gasteiger partial charge in [0.2, 0.25) is 0 Å². The molecular weight excluding hydrogens is 347 g/mol. The molecule has 1 fully saturated rings. The lowest BCUT2D eigenvalue weighted by atomic mass is 9.94. The van der Waals surface area contributed by atoms with Crippen molar-refractivity contribution >= 4 is 21.8 Å². The van der Waals surface area contributed by atoms with Gasteiger partial charge in [-0.15, -0.1) is 0 Å². The molecule has 0 heterocycles. The normalized spacial score (nSPS) is 16.0. The maximum atomic E-state index is 13.6. The Labute approximate surface area is 140 Å². The zero-order valence-electron chi connectivity index (χ0n) is 13.1. The molecule has 0 bridgehead atoms. The summed E-state index contributed by atoms with van der Waals surface area (Å²) in [4.78, 5) is 14.4. The molecule has 1 aliphatic rings. The van der Waals surface area contributed by atoms with Gasteiger partial charge in [-0.2, -0.15) is 0 Å². The summed E-state index contributed by atoms with van der Waals surface area (Å²) in [7, 11) is 2.16. The van der Waals surface area contributed by atoms with E-state index in [1.54, 1.807) is 6.07 Å². The van der Waals surface area contributed by atoms with Crippen molar-refractivity contribution in [2.24, 2.45) is 0 Å². The van der Waals surface area contributed by atoms with E-state index < -0.39 is 5.82 Å². The first-order valence-electron chi connectivity index (χ1n) is 8.01. The molecule has 1 aromatic rings. The lowest BCUT2D eigenvalue weighted by Crippen LogP contribution is -2.36. The number of hydrogen-bond acceptors (Lipinski definition) is 2. The average Bonchev–Trinajstić information content (AvgIpc) is 2.54. The van der Waals surface area contributed by atoms with Gasteiger partial charge in [-0.3, -0.25) is 4.79 Å². The Bertz CT molecular complexity index is 503. The summed E-state index contributed by atoms with van der Waals surface area (Å²) >= 11 is 3.26. The highest BCUT2D eigenvalue weighted by molar-refractivity contribution is 9.10. The number of rotatable bonds is 6. The van der Waals surface area contributed by atoms with Gasteiger partial charge in [-0.25, -0.2) is 4.39 Å². The van der Waals surface area contributed by atoms with Gasteiger partial charge in [-0.1, -0.05) is 35.2 Å². The highest BCUT2D eigenvalue weighted by Gasteiger charge is 2.17. The zero-order chi connectivity index (χ0) is 15.9. The van der Waals surface area contributed by atoms with Crippen LogP contribution in [0.25, 0.3) is 0 Å². The Balaban J connectivity index is 1.71. The van der Waals surface area contributed by atoms with Crippen LogP contribution < -0.4 is 5.32 Å². The van der Waals surface area contributed by atoms with Crippen LogP contribution >= 0.6 is 15.9 Å². The molecule has 0 saturated heterocycles. The molecule has 0 radical (unpaired) electrons. The second kappa shape index (κ2) is 8.63. The van der Waals surface area contributed by atoms with Crippen LogP contribution in [-0.4, -0.2) is 37.0 Å². The van der Waals surface area contributed by atoms with Crippen LogP contribution in [0.2, 0.25) is 0 Å². The van der Waals surface area contributed by atoms with E-state index in [2.05, 4.69) is 33.2 Å². The molecule has 0 atom stereocenters. The maximum absolute atomic E-state index is 13.6. The van der Waals surface area contributed by atoms with Crippen molar-refractivity contribution in [1.29, 1.82) is 0 Å². The van der Waals surface area contributed by atoms with E-state index in [1.807, 2.05) is 0 Å². The van der Waals surface area contributed by atoms with Crippen LogP contribution in [0.5, 0.6) is 0 Å². The minimum atomic E-state index is -0.486. The number of hydrogen-bond donors (Lipinski definition) is 1. The third kappa shape index (κ3) is 5.06. The molecule has 3 nitrogen and oxygen atoms in total. The minimum absolute atomic E-state index is 0.0926. The highest BCUT2D eigenvalue weighted by atomic mass is 79.9. The first kappa shape index (κ1) is 17.4. The SMILES string of the molecule is CN(CCCNC(=O)c1cc(Br)ccc1F)C1CCCCC1. The monoisotopic (exact) mass is 370 g/mol. The lowest BCUT2D eigenvalue weighted by Gasteiger charge is -2.31. The Morgan fingerprint density at radius 3 is 2.82 bits per heavy atom. The van der Waals surface area contributed by atoms with Gasteiger partial charge in [0.05, 0.1) is 5.56 Å². The molecule has 122 valence electrons. The first-order valence-corrected chi connectivity index (χ1v) is 8.80. The Morgan fingerprint density at radius 2 is 2.09 bits per heavy atom. The smallest absolute Gasteiger partial charge is 0.254 e. The van der Waals surface area contributed by atoms with E-state index in [-0.39, 0.29) is 11.5 Å². The van der Waals surface area contributed by atoms with Crippen molar-refractivity contribution in [3.63, 3.8) is 0 Å². The third-order valence-corrected chi connectivity index (χ3v) is 4.84. The first-order chi connectivity index (χ1) is 10.6. The molecule has 0 spiro atoms. The molecule has 22 heavy (non-hydrogen) atoms. The quantitative estimate of drug-likeness (QED) is 0.768. The van der Waals surface area contributed by atoms with Crippen molar-refractivity contribution in [2.45, 2.75) is 44.6 Å². The van der Waals surface area contributed by atoms with Crippen molar-refractivity contribution < 1.29 is 9.18 Å². The topological polar surface area (TPSA) is 32.3 Å². The lowest BCUT2D eigenvalue weighted by molar-refractivity contribution is 0.0946. The van der Waals surface area contributed by atoms with Crippen LogP contribution in [0.3, 0.4) is 0 Å². The summed E-state index contributed by atoms with van der Waals surface area (Å²) in [5.41, 5.74) is 0.0926. The second-order valence-electron chi connectivity index (χ2n) is 6.01. The fraction of sp³-hybridized carbons (Fsp3) is 0.588. The van der Waals surface area contributed by atoms with Crippen LogP contribution in [0.1, 0.15) is 48.9 Å². The standard InChI is InChI=1S/C17H24BrFN2O/c1-21(14-6-3-2-4-7-14)11-5-10-20-17(22)15-12-13(18)8-9-16(15)19/h8-9,12,14H,2-7,10-11H2,1H3,(H,20,22). The molecule has 1 aliphatic carbocycles. The van der Waals surface area contributed by atoms with Gasteiger partial charge in [0.1, 0.15) is 5.82 Å². The van der Waals surface area contributed by atoms with Gasteiger partial charge in [-0.05, 0) is 51.1 Å². The molecule has 2 rings (SSSR count). The van der Waals surface area contributed by atoms with Gasteiger partial charge < -0.3 is 10.2 Å². The second-order valence-corrected chi connectivity index (χ2v) is 6.92. The molecule has 0 aliphatic heterocycles. The van der Waals surface area contributed by atoms with Crippen molar-refractivity contribution in [3.8, 4) is 0 Å². The Morgan fingerprint density at radius 1 is 1.36 bits per heavy atom. The molecule has 1 N–H and O–H groups in total. The number of benzene rings is 1. The largest absolute Gasteiger partial charge is 0.352 e. The maximum Gasteiger partial charge on any atom is 0.254 e. The van der Waals surface area contributed by atoms with Gasteiger partial charge in [0.15, 0.2) is 0 Å². The van der Waals surface area contributed by atoms with Crippen LogP contribution in [0.4, 0.5) is 4.39 Å². The summed E-state index contributed by atoms with van der Waals surface area (Å²) < 4.78 is 14.3. The van der Waals surface area contributed by atoms with Crippen LogP contribution in [0, 0.1) is 5.82 Å². The molecule has 0 unspecified atom stereocenters. The number of nitrogens with one attached hydrogen (secondary N) is 1. The average molecular weight is 371 g/mol. The van der Waals surface area contributed by atoms with Crippen LogP contribution in [-0.2, 0) is 0 Å². The van der Waals surface area contributed by atoms with E-state index >= 15 is 0 Å². The van der Waals surface area contributed by atoms with E-state index in [0.29, 0.717) is 17.1 Å². The Hall–Kier alpha value is -0.940. The number of nitrogens with zero attached hydrogens (tertiary/aromatic N) is 1. The molecule has 0 aromatic heterocycles. The fourth-order valence-corrected chi connectivity index (χ4v) is 3.36. The predicted octanol–water partition coefficient (Wildman–Crippen LogP) is 3.97. The molecule has 5 heteroatoms. The molecule has 1 saturated carbocycles. The van der Waals surface area contributed by atoms with Gasteiger partial charge >= 0.3 is 0 Å². The summed E-state index contributed by atoms with van der Waals surface area (Å²) in [5.74, 6) is -0.834. The molecule has 1 aromatic carbocycles. The van der Waals surface area contributed by atoms with E-state index in [4.69, 9.17) is 0 Å². The minimum Gasteiger partial charge on any atom is -0.352 e. The molecule has 1 amide bonds. The fourth-order valence-electron chi connectivity index (χ4n) is 3.00. The summed E-state index contributed by atoms with van der Waals surface area (Å²) in [5, 5.41) is 2.80. The summed E-state index contributed by atoms with van der Waals surface area (Å²) in [6.07, 6.45) is 7.47. The van der Waals surface area contributed by atoms with E-state index in [9.17, 15) is 9.18 Å². The van der Waals surface area contributed by atoms with Gasteiger partial charge in [0.25, 0.3) is 5.91 Å². The number of halogens is 2. The van der Waals surface area contributed by atoms with E-state index in [1.165, 1.54) is 44.2 Å². The third-order valence-electron chi connectivity index (χ3n) is 4.34. The number of amides is 1. The number of carbonyl (C=O) groups is 1. The molecular formula is C17H24BrFN2O. The van der Waals surface area contributed by atoms with Crippen LogP contribution in [0.15, 0.2) is 22.7 Å². The number of carbonyl (C=O) groups excluding carboxylic acids is 1. The summed E-state index contributed by atoms with van der Waals surface area (Å²) in [6.45, 7) is 1.54. The van der Waals surface area contributed by atoms with Gasteiger partial charge in [0, 0.05) is 17.1 Å². The van der Waals surface area contributed by atoms with Crippen molar-refractivity contribution in [3.05, 3.63) is 34.1 Å².